The minimum Gasteiger partial charge on any atom is -0.494 e. The first-order valence-corrected chi connectivity index (χ1v) is 7.21. The fourth-order valence-electron chi connectivity index (χ4n) is 1.67. The largest absolute Gasteiger partial charge is 0.494 e. The quantitative estimate of drug-likeness (QED) is 0.831. The van der Waals surface area contributed by atoms with E-state index in [1.165, 1.54) is 30.6 Å². The van der Waals surface area contributed by atoms with Crippen molar-refractivity contribution in [3.05, 3.63) is 35.1 Å². The fourth-order valence-corrected chi connectivity index (χ4v) is 2.40. The first-order valence-electron chi connectivity index (χ1n) is 6.33. The van der Waals surface area contributed by atoms with Gasteiger partial charge in [-0.3, -0.25) is 4.79 Å². The molecule has 1 aromatic carbocycles. The third-order valence-corrected chi connectivity index (χ3v) is 3.39. The van der Waals surface area contributed by atoms with Crippen LogP contribution in [0.5, 0.6) is 5.75 Å². The third-order valence-electron chi connectivity index (χ3n) is 2.59. The molecule has 1 aromatic heterocycles. The molecule has 0 radical (unpaired) electrons. The van der Waals surface area contributed by atoms with Crippen molar-refractivity contribution >= 4 is 28.1 Å². The number of methoxy groups -OCH3 is 1. The van der Waals surface area contributed by atoms with Crippen molar-refractivity contribution < 1.29 is 18.7 Å². The number of rotatable bonds is 6. The highest BCUT2D eigenvalue weighted by molar-refractivity contribution is 7.13. The summed E-state index contributed by atoms with van der Waals surface area (Å²) in [5, 5.41) is 5.33. The Balaban J connectivity index is 2.02. The number of thiazole rings is 1. The molecule has 7 heteroatoms. The number of nitrogens with zero attached hydrogens (tertiary/aromatic N) is 1. The number of benzene rings is 1. The van der Waals surface area contributed by atoms with Gasteiger partial charge >= 0.3 is 5.97 Å². The number of nitrogens with one attached hydrogen (secondary N) is 1. The van der Waals surface area contributed by atoms with Crippen LogP contribution in [0, 0.1) is 5.82 Å². The number of ether oxygens (including phenoxy) is 2. The van der Waals surface area contributed by atoms with E-state index < -0.39 is 5.82 Å². The van der Waals surface area contributed by atoms with E-state index in [0.717, 1.165) is 0 Å². The number of anilines is 2. The summed E-state index contributed by atoms with van der Waals surface area (Å²) in [4.78, 5) is 15.6. The van der Waals surface area contributed by atoms with E-state index in [2.05, 4.69) is 10.3 Å². The van der Waals surface area contributed by atoms with Crippen LogP contribution in [0.15, 0.2) is 23.6 Å². The van der Waals surface area contributed by atoms with Gasteiger partial charge in [0.25, 0.3) is 0 Å². The van der Waals surface area contributed by atoms with Crippen LogP contribution >= 0.6 is 11.3 Å². The lowest BCUT2D eigenvalue weighted by molar-refractivity contribution is -0.142. The summed E-state index contributed by atoms with van der Waals surface area (Å²) in [6.45, 7) is 2.10. The van der Waals surface area contributed by atoms with E-state index in [1.807, 2.05) is 0 Å². The minimum atomic E-state index is -0.453. The fraction of sp³-hybridized carbons (Fsp3) is 0.286. The summed E-state index contributed by atoms with van der Waals surface area (Å²) >= 11 is 1.34. The van der Waals surface area contributed by atoms with Crippen LogP contribution in [0.4, 0.5) is 15.2 Å². The van der Waals surface area contributed by atoms with Gasteiger partial charge in [-0.1, -0.05) is 0 Å². The lowest BCUT2D eigenvalue weighted by Gasteiger charge is -2.05. The van der Waals surface area contributed by atoms with Crippen LogP contribution in [-0.4, -0.2) is 24.7 Å². The van der Waals surface area contributed by atoms with Crippen molar-refractivity contribution in [1.29, 1.82) is 0 Å². The molecule has 0 saturated carbocycles. The Hall–Kier alpha value is -2.15. The first-order chi connectivity index (χ1) is 10.1. The van der Waals surface area contributed by atoms with Crippen molar-refractivity contribution in [2.45, 2.75) is 13.3 Å². The molecule has 0 fully saturated rings. The van der Waals surface area contributed by atoms with Gasteiger partial charge in [-0.25, -0.2) is 9.37 Å². The average molecular weight is 310 g/mol. The van der Waals surface area contributed by atoms with E-state index in [9.17, 15) is 9.18 Å². The average Bonchev–Trinajstić information content (AvgIpc) is 2.86. The zero-order chi connectivity index (χ0) is 15.2. The molecule has 0 unspecified atom stereocenters. The number of aromatic nitrogens is 1. The molecule has 5 nitrogen and oxygen atoms in total. The van der Waals surface area contributed by atoms with Gasteiger partial charge in [0.05, 0.1) is 25.8 Å². The van der Waals surface area contributed by atoms with Crippen molar-refractivity contribution in [2.75, 3.05) is 19.0 Å². The molecule has 0 bridgehead atoms. The number of halogens is 1. The van der Waals surface area contributed by atoms with E-state index in [1.54, 1.807) is 18.4 Å². The molecule has 2 aromatic rings. The zero-order valence-electron chi connectivity index (χ0n) is 11.7. The maximum Gasteiger partial charge on any atom is 0.311 e. The smallest absolute Gasteiger partial charge is 0.311 e. The summed E-state index contributed by atoms with van der Waals surface area (Å²) in [5.41, 5.74) is 1.18. The maximum atomic E-state index is 13.6. The zero-order valence-corrected chi connectivity index (χ0v) is 12.5. The number of esters is 1. The Bertz CT molecular complexity index is 630. The van der Waals surface area contributed by atoms with Gasteiger partial charge in [-0.05, 0) is 19.1 Å². The Kier molecular flexibility index (Phi) is 5.10. The Labute approximate surface area is 125 Å². The molecule has 0 saturated heterocycles. The van der Waals surface area contributed by atoms with Crippen LogP contribution < -0.4 is 10.1 Å². The molecule has 1 N–H and O–H groups in total. The molecule has 1 heterocycles. The van der Waals surface area contributed by atoms with E-state index >= 15 is 0 Å². The highest BCUT2D eigenvalue weighted by Crippen LogP contribution is 2.25. The van der Waals surface area contributed by atoms with Gasteiger partial charge in [-0.15, -0.1) is 11.3 Å². The highest BCUT2D eigenvalue weighted by Gasteiger charge is 2.09. The summed E-state index contributed by atoms with van der Waals surface area (Å²) in [7, 11) is 1.41. The number of carbonyl (C=O) groups excluding carboxylic acids is 1. The van der Waals surface area contributed by atoms with E-state index in [-0.39, 0.29) is 18.1 Å². The van der Waals surface area contributed by atoms with Crippen LogP contribution in [0.1, 0.15) is 12.6 Å². The van der Waals surface area contributed by atoms with Gasteiger partial charge in [0, 0.05) is 17.1 Å². The molecule has 0 spiro atoms. The number of carbonyl (C=O) groups is 1. The van der Waals surface area contributed by atoms with E-state index in [4.69, 9.17) is 9.47 Å². The third kappa shape index (κ3) is 4.16. The molecule has 21 heavy (non-hydrogen) atoms. The highest BCUT2D eigenvalue weighted by atomic mass is 32.1. The normalized spacial score (nSPS) is 10.2. The first kappa shape index (κ1) is 15.2. The van der Waals surface area contributed by atoms with Gasteiger partial charge in [0.2, 0.25) is 0 Å². The standard InChI is InChI=1S/C14H15FN2O3S/c1-3-20-13(18)7-10-8-21-14(17-10)16-9-4-5-12(19-2)11(15)6-9/h4-6,8H,3,7H2,1-2H3,(H,16,17). The molecule has 0 atom stereocenters. The minimum absolute atomic E-state index is 0.128. The molecule has 0 amide bonds. The van der Waals surface area contributed by atoms with Crippen LogP contribution in [0.3, 0.4) is 0 Å². The van der Waals surface area contributed by atoms with Crippen molar-refractivity contribution in [1.82, 2.24) is 4.98 Å². The molecular formula is C14H15FN2O3S. The predicted molar refractivity (Wildman–Crippen MR) is 78.7 cm³/mol. The summed E-state index contributed by atoms with van der Waals surface area (Å²) in [6, 6.07) is 4.55. The molecule has 0 aliphatic heterocycles. The molecule has 2 rings (SSSR count). The second kappa shape index (κ2) is 7.03. The van der Waals surface area contributed by atoms with Crippen molar-refractivity contribution in [3.8, 4) is 5.75 Å². The second-order valence-corrected chi connectivity index (χ2v) is 4.96. The van der Waals surface area contributed by atoms with Crippen LogP contribution in [0.25, 0.3) is 0 Å². The van der Waals surface area contributed by atoms with Crippen LogP contribution in [-0.2, 0) is 16.0 Å². The number of hydrogen-bond acceptors (Lipinski definition) is 6. The Morgan fingerprint density at radius 3 is 2.95 bits per heavy atom. The van der Waals surface area contributed by atoms with Gasteiger partial charge in [0.15, 0.2) is 16.7 Å². The van der Waals surface area contributed by atoms with Gasteiger partial charge in [-0.2, -0.15) is 0 Å². The lowest BCUT2D eigenvalue weighted by atomic mass is 10.3. The summed E-state index contributed by atoms with van der Waals surface area (Å²) in [5.74, 6) is -0.585. The molecule has 0 aliphatic carbocycles. The second-order valence-electron chi connectivity index (χ2n) is 4.10. The molecular weight excluding hydrogens is 295 g/mol. The topological polar surface area (TPSA) is 60.5 Å². The number of hydrogen-bond donors (Lipinski definition) is 1. The van der Waals surface area contributed by atoms with Crippen molar-refractivity contribution in [2.24, 2.45) is 0 Å². The molecule has 112 valence electrons. The summed E-state index contributed by atoms with van der Waals surface area (Å²) < 4.78 is 23.3. The summed E-state index contributed by atoms with van der Waals surface area (Å²) in [6.07, 6.45) is 0.128. The monoisotopic (exact) mass is 310 g/mol. The van der Waals surface area contributed by atoms with Gasteiger partial charge in [0.1, 0.15) is 0 Å². The lowest BCUT2D eigenvalue weighted by Crippen LogP contribution is -2.07. The predicted octanol–water partition coefficient (Wildman–Crippen LogP) is 3.14. The van der Waals surface area contributed by atoms with Gasteiger partial charge < -0.3 is 14.8 Å². The van der Waals surface area contributed by atoms with Crippen LogP contribution in [0.2, 0.25) is 0 Å². The SMILES string of the molecule is CCOC(=O)Cc1csc(Nc2ccc(OC)c(F)c2)n1. The van der Waals surface area contributed by atoms with E-state index in [0.29, 0.717) is 23.1 Å². The Morgan fingerprint density at radius 1 is 1.48 bits per heavy atom. The van der Waals surface area contributed by atoms with Crippen molar-refractivity contribution in [3.63, 3.8) is 0 Å². The molecule has 0 aliphatic rings. The Morgan fingerprint density at radius 2 is 2.29 bits per heavy atom. The maximum absolute atomic E-state index is 13.6.